The van der Waals surface area contributed by atoms with Gasteiger partial charge < -0.3 is 19.4 Å². The molecule has 1 amide bonds. The van der Waals surface area contributed by atoms with Crippen molar-refractivity contribution in [3.8, 4) is 0 Å². The van der Waals surface area contributed by atoms with E-state index in [1.807, 2.05) is 19.0 Å². The molecule has 4 aliphatic rings. The molecule has 7 nitrogen and oxygen atoms in total. The van der Waals surface area contributed by atoms with Crippen LogP contribution in [0, 0.1) is 5.92 Å². The van der Waals surface area contributed by atoms with Crippen LogP contribution in [0.2, 0.25) is 0 Å². The van der Waals surface area contributed by atoms with E-state index in [1.165, 1.54) is 36.3 Å². The minimum Gasteiger partial charge on any atom is -0.381 e. The van der Waals surface area contributed by atoms with E-state index in [1.54, 1.807) is 0 Å². The molecule has 0 N–H and O–H groups in total. The van der Waals surface area contributed by atoms with E-state index in [9.17, 15) is 4.79 Å². The maximum absolute atomic E-state index is 13.0. The minimum absolute atomic E-state index is 0.111. The molecule has 0 bridgehead atoms. The fourth-order valence-corrected chi connectivity index (χ4v) is 6.02. The number of carbonyl (C=O) groups is 1. The van der Waals surface area contributed by atoms with Gasteiger partial charge in [0.15, 0.2) is 0 Å². The summed E-state index contributed by atoms with van der Waals surface area (Å²) in [6.07, 6.45) is 9.86. The minimum atomic E-state index is 0.111. The zero-order chi connectivity index (χ0) is 21.4. The average molecular weight is 428 g/mol. The van der Waals surface area contributed by atoms with Crippen molar-refractivity contribution < 1.29 is 9.53 Å². The maximum Gasteiger partial charge on any atom is 0.227 e. The SMILES string of the molecule is CN(C)c1nc(N2CCCCC2)c2c(n1)C1(CC2)CCN(C(=O)C2CCOCC2)CC1. The van der Waals surface area contributed by atoms with Gasteiger partial charge in [0.2, 0.25) is 11.9 Å². The predicted octanol–water partition coefficient (Wildman–Crippen LogP) is 2.77. The van der Waals surface area contributed by atoms with Crippen LogP contribution in [-0.4, -0.2) is 74.3 Å². The number of aromatic nitrogens is 2. The second-order valence-corrected chi connectivity index (χ2v) is 10.1. The largest absolute Gasteiger partial charge is 0.381 e. The first-order valence-corrected chi connectivity index (χ1v) is 12.3. The van der Waals surface area contributed by atoms with Gasteiger partial charge in [-0.3, -0.25) is 4.79 Å². The van der Waals surface area contributed by atoms with Crippen LogP contribution in [0.1, 0.15) is 62.6 Å². The third-order valence-corrected chi connectivity index (χ3v) is 7.99. The van der Waals surface area contributed by atoms with E-state index in [-0.39, 0.29) is 11.3 Å². The molecule has 31 heavy (non-hydrogen) atoms. The molecule has 1 aromatic heterocycles. The van der Waals surface area contributed by atoms with E-state index >= 15 is 0 Å². The molecule has 1 aliphatic carbocycles. The number of fused-ring (bicyclic) bond motifs is 2. The molecule has 0 atom stereocenters. The Hall–Kier alpha value is -1.89. The molecule has 170 valence electrons. The van der Waals surface area contributed by atoms with Crippen LogP contribution in [0.4, 0.5) is 11.8 Å². The number of ether oxygens (including phenoxy) is 1. The molecule has 0 aromatic carbocycles. The number of hydrogen-bond acceptors (Lipinski definition) is 6. The molecular weight excluding hydrogens is 390 g/mol. The zero-order valence-electron chi connectivity index (χ0n) is 19.2. The molecule has 7 heteroatoms. The Morgan fingerprint density at radius 3 is 2.39 bits per heavy atom. The van der Waals surface area contributed by atoms with Gasteiger partial charge in [-0.05, 0) is 57.8 Å². The van der Waals surface area contributed by atoms with Gasteiger partial charge in [-0.1, -0.05) is 0 Å². The van der Waals surface area contributed by atoms with Gasteiger partial charge in [0.25, 0.3) is 0 Å². The van der Waals surface area contributed by atoms with Crippen LogP contribution >= 0.6 is 0 Å². The fourth-order valence-electron chi connectivity index (χ4n) is 6.02. The van der Waals surface area contributed by atoms with Gasteiger partial charge in [-0.2, -0.15) is 4.98 Å². The Morgan fingerprint density at radius 1 is 1.00 bits per heavy atom. The third-order valence-electron chi connectivity index (χ3n) is 7.99. The summed E-state index contributed by atoms with van der Waals surface area (Å²) >= 11 is 0. The summed E-state index contributed by atoms with van der Waals surface area (Å²) in [7, 11) is 4.08. The Kier molecular flexibility index (Phi) is 5.80. The third kappa shape index (κ3) is 3.90. The topological polar surface area (TPSA) is 61.8 Å². The molecule has 3 fully saturated rings. The number of carbonyl (C=O) groups excluding carboxylic acids is 1. The van der Waals surface area contributed by atoms with Gasteiger partial charge in [0, 0.05) is 70.4 Å². The van der Waals surface area contributed by atoms with E-state index in [2.05, 4.69) is 9.80 Å². The summed E-state index contributed by atoms with van der Waals surface area (Å²) < 4.78 is 5.45. The monoisotopic (exact) mass is 427 g/mol. The summed E-state index contributed by atoms with van der Waals surface area (Å²) in [5, 5.41) is 0. The van der Waals surface area contributed by atoms with E-state index in [4.69, 9.17) is 14.7 Å². The lowest BCUT2D eigenvalue weighted by molar-refractivity contribution is -0.140. The highest BCUT2D eigenvalue weighted by Gasteiger charge is 2.46. The van der Waals surface area contributed by atoms with Gasteiger partial charge in [0.05, 0.1) is 5.69 Å². The molecule has 5 rings (SSSR count). The molecule has 4 heterocycles. The van der Waals surface area contributed by atoms with Gasteiger partial charge in [-0.25, -0.2) is 4.98 Å². The molecule has 1 spiro atoms. The van der Waals surface area contributed by atoms with Crippen LogP contribution in [0.5, 0.6) is 0 Å². The number of nitrogens with zero attached hydrogens (tertiary/aromatic N) is 5. The zero-order valence-corrected chi connectivity index (χ0v) is 19.2. The Morgan fingerprint density at radius 2 is 1.71 bits per heavy atom. The number of likely N-dealkylation sites (tertiary alicyclic amines) is 1. The van der Waals surface area contributed by atoms with Crippen molar-refractivity contribution in [2.45, 2.75) is 63.2 Å². The highest BCUT2D eigenvalue weighted by Crippen LogP contribution is 2.48. The van der Waals surface area contributed by atoms with Crippen LogP contribution in [0.3, 0.4) is 0 Å². The average Bonchev–Trinajstić information content (AvgIpc) is 3.17. The van der Waals surface area contributed by atoms with Crippen molar-refractivity contribution in [3.63, 3.8) is 0 Å². The highest BCUT2D eigenvalue weighted by atomic mass is 16.5. The lowest BCUT2D eigenvalue weighted by Crippen LogP contribution is -2.47. The van der Waals surface area contributed by atoms with Crippen LogP contribution < -0.4 is 9.80 Å². The number of piperidine rings is 2. The van der Waals surface area contributed by atoms with Crippen molar-refractivity contribution >= 4 is 17.7 Å². The summed E-state index contributed by atoms with van der Waals surface area (Å²) in [6, 6.07) is 0. The summed E-state index contributed by atoms with van der Waals surface area (Å²) in [5.41, 5.74) is 2.78. The van der Waals surface area contributed by atoms with E-state index in [0.717, 1.165) is 83.9 Å². The second kappa shape index (κ2) is 8.57. The van der Waals surface area contributed by atoms with E-state index in [0.29, 0.717) is 5.91 Å². The summed E-state index contributed by atoms with van der Waals surface area (Å²) in [6.45, 7) is 5.38. The van der Waals surface area contributed by atoms with Crippen molar-refractivity contribution in [2.24, 2.45) is 5.92 Å². The van der Waals surface area contributed by atoms with Crippen molar-refractivity contribution in [3.05, 3.63) is 11.3 Å². The quantitative estimate of drug-likeness (QED) is 0.739. The highest BCUT2D eigenvalue weighted by molar-refractivity contribution is 5.79. The maximum atomic E-state index is 13.0. The lowest BCUT2D eigenvalue weighted by atomic mass is 9.76. The van der Waals surface area contributed by atoms with Gasteiger partial charge in [-0.15, -0.1) is 0 Å². The standard InChI is InChI=1S/C24H37N5O2/c1-27(2)23-25-20-19(21(26-23)28-12-4-3-5-13-28)6-9-24(20)10-14-29(15-11-24)22(30)18-7-16-31-17-8-18/h18H,3-17H2,1-2H3. The Balaban J connectivity index is 1.38. The van der Waals surface area contributed by atoms with Gasteiger partial charge >= 0.3 is 0 Å². The second-order valence-electron chi connectivity index (χ2n) is 10.1. The van der Waals surface area contributed by atoms with Crippen molar-refractivity contribution in [1.29, 1.82) is 0 Å². The molecule has 0 unspecified atom stereocenters. The first-order chi connectivity index (χ1) is 15.1. The van der Waals surface area contributed by atoms with Crippen LogP contribution in [0.15, 0.2) is 0 Å². The van der Waals surface area contributed by atoms with Crippen molar-refractivity contribution in [2.75, 3.05) is 63.3 Å². The van der Waals surface area contributed by atoms with Crippen LogP contribution in [0.25, 0.3) is 0 Å². The number of hydrogen-bond donors (Lipinski definition) is 0. The smallest absolute Gasteiger partial charge is 0.227 e. The summed E-state index contributed by atoms with van der Waals surface area (Å²) in [4.78, 5) is 29.8. The predicted molar refractivity (Wildman–Crippen MR) is 122 cm³/mol. The number of rotatable bonds is 3. The number of amides is 1. The Labute approximate surface area is 186 Å². The van der Waals surface area contributed by atoms with E-state index < -0.39 is 0 Å². The molecule has 0 saturated carbocycles. The number of anilines is 2. The molecule has 0 radical (unpaired) electrons. The molecule has 3 saturated heterocycles. The molecular formula is C24H37N5O2. The van der Waals surface area contributed by atoms with Gasteiger partial charge in [0.1, 0.15) is 5.82 Å². The Bertz CT molecular complexity index is 806. The summed E-state index contributed by atoms with van der Waals surface area (Å²) in [5.74, 6) is 2.53. The normalized spacial score (nSPS) is 23.8. The fraction of sp³-hybridized carbons (Fsp3) is 0.792. The molecule has 1 aromatic rings. The first-order valence-electron chi connectivity index (χ1n) is 12.3. The lowest BCUT2D eigenvalue weighted by Gasteiger charge is -2.41. The molecule has 3 aliphatic heterocycles. The first kappa shape index (κ1) is 21.0. The van der Waals surface area contributed by atoms with Crippen LogP contribution in [-0.2, 0) is 21.4 Å². The van der Waals surface area contributed by atoms with Crippen molar-refractivity contribution in [1.82, 2.24) is 14.9 Å².